The van der Waals surface area contributed by atoms with Crippen molar-refractivity contribution >= 4 is 27.3 Å². The fourth-order valence-corrected chi connectivity index (χ4v) is 3.40. The molecular weight excluding hydrogens is 369 g/mol. The van der Waals surface area contributed by atoms with Crippen LogP contribution in [-0.4, -0.2) is 34.5 Å². The molecule has 2 aromatic carbocycles. The maximum absolute atomic E-state index is 14.0. The molecule has 6 nitrogen and oxygen atoms in total. The monoisotopic (exact) mass is 391 g/mol. The topological polar surface area (TPSA) is 78.5 Å². The van der Waals surface area contributed by atoms with Gasteiger partial charge in [-0.15, -0.1) is 6.58 Å². The number of hydrogen-bond acceptors (Lipinski definition) is 4. The summed E-state index contributed by atoms with van der Waals surface area (Å²) in [6, 6.07) is 10.4. The highest BCUT2D eigenvalue weighted by Crippen LogP contribution is 2.20. The molecule has 1 amide bonds. The highest BCUT2D eigenvalue weighted by molar-refractivity contribution is 7.89. The van der Waals surface area contributed by atoms with Gasteiger partial charge in [0.25, 0.3) is 5.91 Å². The largest absolute Gasteiger partial charge is 0.375 e. The molecule has 2 aromatic rings. The number of amides is 1. The first-order valence-electron chi connectivity index (χ1n) is 8.31. The number of hydrogen-bond donors (Lipinski definition) is 2. The molecule has 0 saturated heterocycles. The lowest BCUT2D eigenvalue weighted by atomic mass is 10.2. The number of sulfonamides is 1. The van der Waals surface area contributed by atoms with Crippen molar-refractivity contribution in [1.82, 2.24) is 4.72 Å². The van der Waals surface area contributed by atoms with Crippen LogP contribution in [0.2, 0.25) is 0 Å². The summed E-state index contributed by atoms with van der Waals surface area (Å²) < 4.78 is 40.5. The van der Waals surface area contributed by atoms with Gasteiger partial charge in [0.05, 0.1) is 0 Å². The van der Waals surface area contributed by atoms with Gasteiger partial charge in [-0.05, 0) is 43.3 Å². The second-order valence-electron chi connectivity index (χ2n) is 5.80. The number of anilines is 2. The van der Waals surface area contributed by atoms with Crippen molar-refractivity contribution in [2.45, 2.75) is 11.8 Å². The minimum absolute atomic E-state index is 0.0321. The maximum Gasteiger partial charge on any atom is 0.255 e. The maximum atomic E-state index is 14.0. The predicted molar refractivity (Wildman–Crippen MR) is 105 cm³/mol. The van der Waals surface area contributed by atoms with E-state index in [-0.39, 0.29) is 12.1 Å². The molecular formula is C19H22FN3O3S. The van der Waals surface area contributed by atoms with Crippen LogP contribution < -0.4 is 14.9 Å². The molecule has 0 spiro atoms. The van der Waals surface area contributed by atoms with E-state index in [1.165, 1.54) is 12.1 Å². The van der Waals surface area contributed by atoms with Crippen molar-refractivity contribution in [2.75, 3.05) is 30.4 Å². The summed E-state index contributed by atoms with van der Waals surface area (Å²) >= 11 is 0. The molecule has 2 N–H and O–H groups in total. The Kier molecular flexibility index (Phi) is 6.70. The molecule has 0 saturated carbocycles. The van der Waals surface area contributed by atoms with E-state index in [4.69, 9.17) is 0 Å². The van der Waals surface area contributed by atoms with Crippen molar-refractivity contribution in [3.05, 3.63) is 66.5 Å². The molecule has 0 aliphatic carbocycles. The Morgan fingerprint density at radius 1 is 1.26 bits per heavy atom. The average Bonchev–Trinajstić information content (AvgIpc) is 2.66. The van der Waals surface area contributed by atoms with Crippen molar-refractivity contribution < 1.29 is 17.6 Å². The Hall–Kier alpha value is -2.71. The van der Waals surface area contributed by atoms with Crippen LogP contribution in [0.15, 0.2) is 60.0 Å². The summed E-state index contributed by atoms with van der Waals surface area (Å²) in [6.07, 6.45) is 1.34. The average molecular weight is 391 g/mol. The van der Waals surface area contributed by atoms with Gasteiger partial charge >= 0.3 is 0 Å². The molecule has 0 radical (unpaired) electrons. The standard InChI is InChI=1S/C19H22FN3O3S/c1-4-11-21-27(25,26)18-12-14(9-10-17(18)20)19(24)22-15-7-6-8-16(13-15)23(3)5-2/h4,6-10,12-13,21H,1,5,11H2,2-3H3,(H,22,24). The van der Waals surface area contributed by atoms with Crippen LogP contribution >= 0.6 is 0 Å². The van der Waals surface area contributed by atoms with Crippen LogP contribution in [0.25, 0.3) is 0 Å². The van der Waals surface area contributed by atoms with Crippen LogP contribution in [0.5, 0.6) is 0 Å². The van der Waals surface area contributed by atoms with Gasteiger partial charge in [-0.25, -0.2) is 17.5 Å². The minimum Gasteiger partial charge on any atom is -0.375 e. The minimum atomic E-state index is -4.09. The smallest absolute Gasteiger partial charge is 0.255 e. The molecule has 144 valence electrons. The van der Waals surface area contributed by atoms with Gasteiger partial charge in [0.1, 0.15) is 10.7 Å². The van der Waals surface area contributed by atoms with E-state index in [1.807, 2.05) is 24.9 Å². The molecule has 0 atom stereocenters. The Labute approximate surface area is 158 Å². The molecule has 0 aliphatic heterocycles. The number of carbonyl (C=O) groups excluding carboxylic acids is 1. The van der Waals surface area contributed by atoms with E-state index in [1.54, 1.807) is 18.2 Å². The van der Waals surface area contributed by atoms with E-state index < -0.39 is 26.6 Å². The third kappa shape index (κ3) is 5.15. The summed E-state index contributed by atoms with van der Waals surface area (Å²) in [5, 5.41) is 2.70. The second-order valence-corrected chi connectivity index (χ2v) is 7.54. The van der Waals surface area contributed by atoms with E-state index >= 15 is 0 Å². The highest BCUT2D eigenvalue weighted by atomic mass is 32.2. The zero-order valence-corrected chi connectivity index (χ0v) is 16.0. The molecule has 0 aliphatic rings. The van der Waals surface area contributed by atoms with Crippen LogP contribution in [0.3, 0.4) is 0 Å². The van der Waals surface area contributed by atoms with Crippen LogP contribution in [0.1, 0.15) is 17.3 Å². The zero-order chi connectivity index (χ0) is 20.0. The SMILES string of the molecule is C=CCNS(=O)(=O)c1cc(C(=O)Nc2cccc(N(C)CC)c2)ccc1F. The van der Waals surface area contributed by atoms with Gasteiger partial charge in [0, 0.05) is 37.1 Å². The molecule has 2 rings (SSSR count). The van der Waals surface area contributed by atoms with Crippen molar-refractivity contribution in [3.8, 4) is 0 Å². The fraction of sp³-hybridized carbons (Fsp3) is 0.211. The summed E-state index contributed by atoms with van der Waals surface area (Å²) in [6.45, 7) is 6.17. The highest BCUT2D eigenvalue weighted by Gasteiger charge is 2.20. The lowest BCUT2D eigenvalue weighted by Crippen LogP contribution is -2.25. The van der Waals surface area contributed by atoms with Crippen molar-refractivity contribution in [1.29, 1.82) is 0 Å². The van der Waals surface area contributed by atoms with Crippen LogP contribution in [0.4, 0.5) is 15.8 Å². The van der Waals surface area contributed by atoms with Gasteiger partial charge in [0.2, 0.25) is 10.0 Å². The quantitative estimate of drug-likeness (QED) is 0.678. The molecule has 0 heterocycles. The number of carbonyl (C=O) groups is 1. The van der Waals surface area contributed by atoms with Crippen LogP contribution in [-0.2, 0) is 10.0 Å². The first-order valence-corrected chi connectivity index (χ1v) is 9.79. The summed E-state index contributed by atoms with van der Waals surface area (Å²) in [5.41, 5.74) is 1.51. The Balaban J connectivity index is 2.27. The second kappa shape index (κ2) is 8.79. The number of nitrogens with zero attached hydrogens (tertiary/aromatic N) is 1. The van der Waals surface area contributed by atoms with E-state index in [2.05, 4.69) is 16.6 Å². The number of benzene rings is 2. The number of halogens is 1. The fourth-order valence-electron chi connectivity index (χ4n) is 2.30. The van der Waals surface area contributed by atoms with Gasteiger partial charge in [-0.3, -0.25) is 4.79 Å². The Morgan fingerprint density at radius 2 is 2.00 bits per heavy atom. The lowest BCUT2D eigenvalue weighted by molar-refractivity contribution is 0.102. The van der Waals surface area contributed by atoms with Gasteiger partial charge in [0.15, 0.2) is 0 Å². The van der Waals surface area contributed by atoms with E-state index in [9.17, 15) is 17.6 Å². The summed E-state index contributed by atoms with van der Waals surface area (Å²) in [4.78, 5) is 13.9. The van der Waals surface area contributed by atoms with Crippen molar-refractivity contribution in [2.24, 2.45) is 0 Å². The molecule has 0 aromatic heterocycles. The Bertz CT molecular complexity index is 945. The first kappa shape index (κ1) is 20.6. The molecule has 0 bridgehead atoms. The molecule has 27 heavy (non-hydrogen) atoms. The van der Waals surface area contributed by atoms with E-state index in [0.29, 0.717) is 5.69 Å². The normalized spacial score (nSPS) is 11.1. The molecule has 8 heteroatoms. The molecule has 0 fully saturated rings. The predicted octanol–water partition coefficient (Wildman–Crippen LogP) is 3.00. The van der Waals surface area contributed by atoms with Crippen LogP contribution in [0, 0.1) is 5.82 Å². The summed E-state index contributed by atoms with van der Waals surface area (Å²) in [5.74, 6) is -1.47. The lowest BCUT2D eigenvalue weighted by Gasteiger charge is -2.17. The molecule has 0 unspecified atom stereocenters. The first-order chi connectivity index (χ1) is 12.8. The van der Waals surface area contributed by atoms with E-state index in [0.717, 1.165) is 24.4 Å². The third-order valence-electron chi connectivity index (χ3n) is 3.92. The third-order valence-corrected chi connectivity index (χ3v) is 5.36. The van der Waals surface area contributed by atoms with Crippen molar-refractivity contribution in [3.63, 3.8) is 0 Å². The van der Waals surface area contributed by atoms with Gasteiger partial charge in [-0.2, -0.15) is 0 Å². The van der Waals surface area contributed by atoms with Gasteiger partial charge in [-0.1, -0.05) is 12.1 Å². The number of rotatable bonds is 8. The zero-order valence-electron chi connectivity index (χ0n) is 15.2. The summed E-state index contributed by atoms with van der Waals surface area (Å²) in [7, 11) is -2.16. The van der Waals surface area contributed by atoms with Gasteiger partial charge < -0.3 is 10.2 Å². The number of nitrogens with one attached hydrogen (secondary N) is 2. The Morgan fingerprint density at radius 3 is 2.67 bits per heavy atom.